The Morgan fingerprint density at radius 2 is 2.23 bits per heavy atom. The molecule has 1 atom stereocenters. The molecule has 2 rings (SSSR count). The Balaban J connectivity index is 2.63. The molecule has 0 aliphatic carbocycles. The summed E-state index contributed by atoms with van der Waals surface area (Å²) in [7, 11) is 0. The first-order valence-corrected chi connectivity index (χ1v) is 4.44. The van der Waals surface area contributed by atoms with Gasteiger partial charge in [-0.05, 0) is 12.1 Å². The first kappa shape index (κ1) is 8.65. The van der Waals surface area contributed by atoms with Gasteiger partial charge in [-0.2, -0.15) is 0 Å². The molecular weight excluding hydrogens is 239 g/mol. The molecule has 1 aromatic rings. The molecule has 1 heterocycles. The van der Waals surface area contributed by atoms with Crippen molar-refractivity contribution in [2.45, 2.75) is 6.04 Å². The Morgan fingerprint density at radius 1 is 1.54 bits per heavy atom. The van der Waals surface area contributed by atoms with Crippen LogP contribution in [0.2, 0.25) is 0 Å². The molecule has 1 aliphatic heterocycles. The number of anilines is 1. The lowest BCUT2D eigenvalue weighted by Gasteiger charge is -2.02. The molecule has 5 heteroatoms. The molecule has 13 heavy (non-hydrogen) atoms. The molecule has 68 valence electrons. The summed E-state index contributed by atoms with van der Waals surface area (Å²) in [6, 6.07) is 2.17. The lowest BCUT2D eigenvalue weighted by atomic mass is 10.1. The highest BCUT2D eigenvalue weighted by Crippen LogP contribution is 2.33. The number of benzene rings is 1. The number of nitrogens with one attached hydrogen (secondary N) is 1. The maximum atomic E-state index is 13.2. The van der Waals surface area contributed by atoms with Gasteiger partial charge in [-0.25, -0.2) is 4.39 Å². The second kappa shape index (κ2) is 2.78. The first-order chi connectivity index (χ1) is 6.09. The van der Waals surface area contributed by atoms with Crippen molar-refractivity contribution in [1.29, 1.82) is 0 Å². The molecule has 0 fully saturated rings. The molecule has 0 saturated heterocycles. The van der Waals surface area contributed by atoms with E-state index in [4.69, 9.17) is 5.73 Å². The van der Waals surface area contributed by atoms with Gasteiger partial charge in [0, 0.05) is 10.0 Å². The molecule has 1 unspecified atom stereocenters. The van der Waals surface area contributed by atoms with Crippen molar-refractivity contribution >= 4 is 27.5 Å². The maximum Gasteiger partial charge on any atom is 0.246 e. The number of carbonyl (C=O) groups is 1. The van der Waals surface area contributed by atoms with Gasteiger partial charge in [-0.3, -0.25) is 4.79 Å². The Kier molecular flexibility index (Phi) is 1.85. The monoisotopic (exact) mass is 244 g/mol. The highest BCUT2D eigenvalue weighted by molar-refractivity contribution is 9.10. The van der Waals surface area contributed by atoms with Crippen molar-refractivity contribution in [2.24, 2.45) is 5.73 Å². The minimum atomic E-state index is -0.762. The topological polar surface area (TPSA) is 55.1 Å². The predicted octanol–water partition coefficient (Wildman–Crippen LogP) is 1.54. The average molecular weight is 245 g/mol. The third-order valence-electron chi connectivity index (χ3n) is 1.95. The molecule has 1 aliphatic rings. The zero-order chi connectivity index (χ0) is 9.59. The van der Waals surface area contributed by atoms with Crippen molar-refractivity contribution in [1.82, 2.24) is 0 Å². The second-order valence-corrected chi connectivity index (χ2v) is 3.73. The predicted molar refractivity (Wildman–Crippen MR) is 49.7 cm³/mol. The van der Waals surface area contributed by atoms with Crippen LogP contribution in [-0.2, 0) is 4.79 Å². The summed E-state index contributed by atoms with van der Waals surface area (Å²) in [6.07, 6.45) is 0. The van der Waals surface area contributed by atoms with Gasteiger partial charge >= 0.3 is 0 Å². The maximum absolute atomic E-state index is 13.2. The quantitative estimate of drug-likeness (QED) is 0.728. The molecule has 0 spiro atoms. The van der Waals surface area contributed by atoms with E-state index in [1.165, 1.54) is 6.07 Å². The lowest BCUT2D eigenvalue weighted by molar-refractivity contribution is -0.116. The van der Waals surface area contributed by atoms with Crippen LogP contribution in [-0.4, -0.2) is 5.91 Å². The smallest absolute Gasteiger partial charge is 0.246 e. The highest BCUT2D eigenvalue weighted by Gasteiger charge is 2.29. The van der Waals surface area contributed by atoms with Crippen LogP contribution < -0.4 is 11.1 Å². The van der Waals surface area contributed by atoms with E-state index < -0.39 is 11.9 Å². The minimum Gasteiger partial charge on any atom is -0.322 e. The van der Waals surface area contributed by atoms with Crippen LogP contribution in [0.1, 0.15) is 11.6 Å². The molecule has 0 radical (unpaired) electrons. The Bertz CT molecular complexity index is 394. The van der Waals surface area contributed by atoms with Crippen LogP contribution in [0.25, 0.3) is 0 Å². The molecule has 1 aromatic carbocycles. The number of fused-ring (bicyclic) bond motifs is 1. The van der Waals surface area contributed by atoms with Crippen molar-refractivity contribution in [3.05, 3.63) is 28.0 Å². The minimum absolute atomic E-state index is 0.195. The fraction of sp³-hybridized carbons (Fsp3) is 0.125. The number of hydrogen-bond acceptors (Lipinski definition) is 2. The van der Waals surface area contributed by atoms with Crippen molar-refractivity contribution in [3.8, 4) is 0 Å². The summed E-state index contributed by atoms with van der Waals surface area (Å²) in [4.78, 5) is 11.1. The number of rotatable bonds is 0. The summed E-state index contributed by atoms with van der Waals surface area (Å²) in [5.74, 6) is -0.835. The van der Waals surface area contributed by atoms with Crippen LogP contribution in [0.4, 0.5) is 10.1 Å². The standard InChI is InChI=1S/C8H6BrFN2O/c9-3-1-4-6(11)8(13)12-7(4)5(10)2-3/h1-2,6H,11H2,(H,12,13). The van der Waals surface area contributed by atoms with E-state index in [0.717, 1.165) is 0 Å². The van der Waals surface area contributed by atoms with E-state index in [9.17, 15) is 9.18 Å². The van der Waals surface area contributed by atoms with Gasteiger partial charge < -0.3 is 11.1 Å². The molecule has 3 nitrogen and oxygen atoms in total. The summed E-state index contributed by atoms with van der Waals surface area (Å²) >= 11 is 3.13. The average Bonchev–Trinajstić information content (AvgIpc) is 2.32. The van der Waals surface area contributed by atoms with Gasteiger partial charge in [0.25, 0.3) is 0 Å². The van der Waals surface area contributed by atoms with E-state index in [1.54, 1.807) is 6.07 Å². The zero-order valence-corrected chi connectivity index (χ0v) is 8.06. The summed E-state index contributed by atoms with van der Waals surface area (Å²) in [5.41, 5.74) is 6.22. The Labute approximate surface area is 82.2 Å². The van der Waals surface area contributed by atoms with Crippen LogP contribution in [0.3, 0.4) is 0 Å². The van der Waals surface area contributed by atoms with E-state index in [0.29, 0.717) is 10.0 Å². The van der Waals surface area contributed by atoms with Gasteiger partial charge in [-0.1, -0.05) is 15.9 Å². The largest absolute Gasteiger partial charge is 0.322 e. The summed E-state index contributed by atoms with van der Waals surface area (Å²) < 4.78 is 13.8. The fourth-order valence-electron chi connectivity index (χ4n) is 1.31. The van der Waals surface area contributed by atoms with Gasteiger partial charge in [0.15, 0.2) is 0 Å². The van der Waals surface area contributed by atoms with Crippen molar-refractivity contribution < 1.29 is 9.18 Å². The zero-order valence-electron chi connectivity index (χ0n) is 6.47. The lowest BCUT2D eigenvalue weighted by Crippen LogP contribution is -2.19. The van der Waals surface area contributed by atoms with Crippen molar-refractivity contribution in [2.75, 3.05) is 5.32 Å². The van der Waals surface area contributed by atoms with Gasteiger partial charge in [-0.15, -0.1) is 0 Å². The van der Waals surface area contributed by atoms with Crippen LogP contribution in [0.15, 0.2) is 16.6 Å². The number of hydrogen-bond donors (Lipinski definition) is 2. The van der Waals surface area contributed by atoms with Crippen LogP contribution in [0.5, 0.6) is 0 Å². The van der Waals surface area contributed by atoms with Gasteiger partial charge in [0.2, 0.25) is 5.91 Å². The number of amides is 1. The molecular formula is C8H6BrFN2O. The molecule has 1 amide bonds. The number of nitrogens with two attached hydrogens (primary N) is 1. The fourth-order valence-corrected chi connectivity index (χ4v) is 1.76. The van der Waals surface area contributed by atoms with Gasteiger partial charge in [0.05, 0.1) is 5.69 Å². The first-order valence-electron chi connectivity index (χ1n) is 3.65. The Hall–Kier alpha value is -0.940. The normalized spacial score (nSPS) is 19.9. The second-order valence-electron chi connectivity index (χ2n) is 2.82. The summed E-state index contributed by atoms with van der Waals surface area (Å²) in [6.45, 7) is 0. The van der Waals surface area contributed by atoms with E-state index in [1.807, 2.05) is 0 Å². The summed E-state index contributed by atoms with van der Waals surface area (Å²) in [5, 5.41) is 2.38. The SMILES string of the molecule is NC1C(=O)Nc2c(F)cc(Br)cc21. The van der Waals surface area contributed by atoms with Crippen LogP contribution >= 0.6 is 15.9 Å². The number of carbonyl (C=O) groups excluding carboxylic acids is 1. The number of halogens is 2. The third kappa shape index (κ3) is 1.24. The van der Waals surface area contributed by atoms with Crippen molar-refractivity contribution in [3.63, 3.8) is 0 Å². The highest BCUT2D eigenvalue weighted by atomic mass is 79.9. The molecule has 3 N–H and O–H groups in total. The van der Waals surface area contributed by atoms with Gasteiger partial charge in [0.1, 0.15) is 11.9 Å². The van der Waals surface area contributed by atoms with E-state index in [-0.39, 0.29) is 11.6 Å². The van der Waals surface area contributed by atoms with Crippen LogP contribution in [0, 0.1) is 5.82 Å². The van der Waals surface area contributed by atoms with E-state index in [2.05, 4.69) is 21.2 Å². The Morgan fingerprint density at radius 3 is 2.92 bits per heavy atom. The molecule has 0 aromatic heterocycles. The third-order valence-corrected chi connectivity index (χ3v) is 2.41. The molecule has 0 saturated carbocycles. The molecule has 0 bridgehead atoms. The van der Waals surface area contributed by atoms with E-state index >= 15 is 0 Å².